The first-order valence-corrected chi connectivity index (χ1v) is 10.2. The number of fused-ring (bicyclic) bond motifs is 1. The molecule has 1 saturated heterocycles. The first-order chi connectivity index (χ1) is 12.2. The zero-order valence-corrected chi connectivity index (χ0v) is 16.1. The molecule has 1 saturated carbocycles. The standard InChI is InChI=1S/C18H25BrN4O2/c19-15-12-23-16(14-7-9-25-10-8-14)20-21-17(23)18(24)22(15)11-13-5-3-1-2-4-6-13/h12-14H,1-11H2. The molecular weight excluding hydrogens is 384 g/mol. The van der Waals surface area contributed by atoms with Gasteiger partial charge in [-0.05, 0) is 47.5 Å². The largest absolute Gasteiger partial charge is 0.381 e. The molecule has 6 nitrogen and oxygen atoms in total. The van der Waals surface area contributed by atoms with Crippen LogP contribution in [0, 0.1) is 5.92 Å². The summed E-state index contributed by atoms with van der Waals surface area (Å²) in [6, 6.07) is 0. The molecule has 25 heavy (non-hydrogen) atoms. The topological polar surface area (TPSA) is 61.4 Å². The van der Waals surface area contributed by atoms with Crippen LogP contribution in [0.2, 0.25) is 0 Å². The van der Waals surface area contributed by atoms with Crippen molar-refractivity contribution in [2.24, 2.45) is 5.92 Å². The third-order valence-electron chi connectivity index (χ3n) is 5.65. The minimum atomic E-state index is -0.0376. The molecule has 2 aliphatic rings. The molecule has 0 unspecified atom stereocenters. The number of ether oxygens (including phenoxy) is 1. The van der Waals surface area contributed by atoms with Gasteiger partial charge in [0.2, 0.25) is 5.65 Å². The Morgan fingerprint density at radius 3 is 2.52 bits per heavy atom. The first kappa shape index (κ1) is 17.2. The van der Waals surface area contributed by atoms with Gasteiger partial charge in [-0.2, -0.15) is 0 Å². The van der Waals surface area contributed by atoms with Gasteiger partial charge in [0.15, 0.2) is 0 Å². The van der Waals surface area contributed by atoms with Gasteiger partial charge in [-0.25, -0.2) is 0 Å². The molecule has 4 rings (SSSR count). The Hall–Kier alpha value is -1.21. The van der Waals surface area contributed by atoms with E-state index in [1.165, 1.54) is 38.5 Å². The van der Waals surface area contributed by atoms with Crippen molar-refractivity contribution < 1.29 is 4.74 Å². The number of hydrogen-bond donors (Lipinski definition) is 0. The number of halogens is 1. The molecule has 2 aromatic heterocycles. The van der Waals surface area contributed by atoms with Gasteiger partial charge in [-0.1, -0.05) is 25.7 Å². The van der Waals surface area contributed by atoms with Gasteiger partial charge < -0.3 is 4.74 Å². The highest BCUT2D eigenvalue weighted by molar-refractivity contribution is 9.10. The SMILES string of the molecule is O=c1c2nnc(C3CCOCC3)n2cc(Br)n1CC1CCCCCC1. The smallest absolute Gasteiger partial charge is 0.297 e. The van der Waals surface area contributed by atoms with Crippen molar-refractivity contribution in [1.29, 1.82) is 0 Å². The molecule has 0 radical (unpaired) electrons. The normalized spacial score (nSPS) is 20.8. The third kappa shape index (κ3) is 3.53. The molecule has 0 bridgehead atoms. The van der Waals surface area contributed by atoms with E-state index in [1.54, 1.807) is 0 Å². The Balaban J connectivity index is 1.66. The molecule has 0 spiro atoms. The molecule has 1 aliphatic heterocycles. The lowest BCUT2D eigenvalue weighted by Gasteiger charge is -2.21. The van der Waals surface area contributed by atoms with E-state index in [9.17, 15) is 4.79 Å². The molecule has 3 heterocycles. The fourth-order valence-corrected chi connectivity index (χ4v) is 4.69. The summed E-state index contributed by atoms with van der Waals surface area (Å²) in [5.41, 5.74) is 0.405. The highest BCUT2D eigenvalue weighted by atomic mass is 79.9. The fraction of sp³-hybridized carbons (Fsp3) is 0.722. The first-order valence-electron chi connectivity index (χ1n) is 9.46. The maximum Gasteiger partial charge on any atom is 0.297 e. The quantitative estimate of drug-likeness (QED) is 0.728. The number of aromatic nitrogens is 4. The van der Waals surface area contributed by atoms with E-state index in [-0.39, 0.29) is 5.56 Å². The molecule has 2 aromatic rings. The maximum absolute atomic E-state index is 13.0. The van der Waals surface area contributed by atoms with Gasteiger partial charge in [-0.3, -0.25) is 13.8 Å². The van der Waals surface area contributed by atoms with Crippen LogP contribution in [-0.4, -0.2) is 32.4 Å². The van der Waals surface area contributed by atoms with Gasteiger partial charge >= 0.3 is 0 Å². The van der Waals surface area contributed by atoms with Crippen LogP contribution >= 0.6 is 15.9 Å². The monoisotopic (exact) mass is 408 g/mol. The molecule has 0 N–H and O–H groups in total. The Bertz CT molecular complexity index is 786. The van der Waals surface area contributed by atoms with Crippen LogP contribution in [0.4, 0.5) is 0 Å². The Kier molecular flexibility index (Phi) is 5.22. The minimum Gasteiger partial charge on any atom is -0.381 e. The summed E-state index contributed by atoms with van der Waals surface area (Å²) < 4.78 is 9.98. The second kappa shape index (κ2) is 7.58. The van der Waals surface area contributed by atoms with E-state index in [0.717, 1.165) is 43.0 Å². The lowest BCUT2D eigenvalue weighted by atomic mass is 9.99. The van der Waals surface area contributed by atoms with Gasteiger partial charge in [0.1, 0.15) is 10.4 Å². The lowest BCUT2D eigenvalue weighted by molar-refractivity contribution is 0.0834. The lowest BCUT2D eigenvalue weighted by Crippen LogP contribution is -2.27. The van der Waals surface area contributed by atoms with Crippen molar-refractivity contribution in [2.45, 2.75) is 63.8 Å². The van der Waals surface area contributed by atoms with Crippen molar-refractivity contribution in [3.05, 3.63) is 27.0 Å². The zero-order valence-electron chi connectivity index (χ0n) is 14.5. The van der Waals surface area contributed by atoms with Crippen molar-refractivity contribution in [3.8, 4) is 0 Å². The molecule has 0 atom stereocenters. The van der Waals surface area contributed by atoms with Gasteiger partial charge in [0.05, 0.1) is 0 Å². The van der Waals surface area contributed by atoms with Crippen LogP contribution < -0.4 is 5.56 Å². The van der Waals surface area contributed by atoms with E-state index < -0.39 is 0 Å². The molecule has 7 heteroatoms. The Morgan fingerprint density at radius 1 is 1.08 bits per heavy atom. The van der Waals surface area contributed by atoms with Gasteiger partial charge in [-0.15, -0.1) is 10.2 Å². The predicted octanol–water partition coefficient (Wildman–Crippen LogP) is 3.52. The molecule has 136 valence electrons. The summed E-state index contributed by atoms with van der Waals surface area (Å²) >= 11 is 3.62. The summed E-state index contributed by atoms with van der Waals surface area (Å²) in [5.74, 6) is 1.78. The van der Waals surface area contributed by atoms with Gasteiger partial charge in [0, 0.05) is 31.9 Å². The zero-order chi connectivity index (χ0) is 17.2. The summed E-state index contributed by atoms with van der Waals surface area (Å²) in [5, 5.41) is 8.57. The third-order valence-corrected chi connectivity index (χ3v) is 6.29. The second-order valence-electron chi connectivity index (χ2n) is 7.36. The Labute approximate surface area is 155 Å². The van der Waals surface area contributed by atoms with Gasteiger partial charge in [0.25, 0.3) is 5.56 Å². The number of hydrogen-bond acceptors (Lipinski definition) is 4. The van der Waals surface area contributed by atoms with E-state index >= 15 is 0 Å². The van der Waals surface area contributed by atoms with Crippen LogP contribution in [0.1, 0.15) is 63.1 Å². The van der Waals surface area contributed by atoms with Crippen molar-refractivity contribution in [3.63, 3.8) is 0 Å². The minimum absolute atomic E-state index is 0.0376. The summed E-state index contributed by atoms with van der Waals surface area (Å²) in [6.07, 6.45) is 11.5. The maximum atomic E-state index is 13.0. The van der Waals surface area contributed by atoms with Crippen LogP contribution in [0.25, 0.3) is 5.65 Å². The molecule has 0 amide bonds. The van der Waals surface area contributed by atoms with Crippen molar-refractivity contribution in [2.75, 3.05) is 13.2 Å². The molecule has 2 fully saturated rings. The van der Waals surface area contributed by atoms with E-state index in [1.807, 2.05) is 15.2 Å². The van der Waals surface area contributed by atoms with Crippen LogP contribution in [-0.2, 0) is 11.3 Å². The molecule has 1 aliphatic carbocycles. The Morgan fingerprint density at radius 2 is 1.80 bits per heavy atom. The molecule has 0 aromatic carbocycles. The summed E-state index contributed by atoms with van der Waals surface area (Å²) in [4.78, 5) is 13.0. The predicted molar refractivity (Wildman–Crippen MR) is 98.9 cm³/mol. The van der Waals surface area contributed by atoms with Crippen LogP contribution in [0.5, 0.6) is 0 Å². The van der Waals surface area contributed by atoms with Crippen LogP contribution in [0.15, 0.2) is 15.6 Å². The average molecular weight is 409 g/mol. The van der Waals surface area contributed by atoms with E-state index in [2.05, 4.69) is 26.1 Å². The van der Waals surface area contributed by atoms with Crippen molar-refractivity contribution >= 4 is 21.6 Å². The average Bonchev–Trinajstić information content (AvgIpc) is 2.87. The highest BCUT2D eigenvalue weighted by Crippen LogP contribution is 2.27. The second-order valence-corrected chi connectivity index (χ2v) is 8.18. The van der Waals surface area contributed by atoms with E-state index in [4.69, 9.17) is 4.74 Å². The van der Waals surface area contributed by atoms with Crippen LogP contribution in [0.3, 0.4) is 0 Å². The highest BCUT2D eigenvalue weighted by Gasteiger charge is 2.24. The molecular formula is C18H25BrN4O2. The fourth-order valence-electron chi connectivity index (χ4n) is 4.18. The number of rotatable bonds is 3. The summed E-state index contributed by atoms with van der Waals surface area (Å²) in [6.45, 7) is 2.27. The summed E-state index contributed by atoms with van der Waals surface area (Å²) in [7, 11) is 0. The van der Waals surface area contributed by atoms with Crippen molar-refractivity contribution in [1.82, 2.24) is 19.2 Å². The van der Waals surface area contributed by atoms with E-state index in [0.29, 0.717) is 17.5 Å². The number of nitrogens with zero attached hydrogens (tertiary/aromatic N) is 4.